The number of aliphatic hydroxyl groups is 1. The van der Waals surface area contributed by atoms with Crippen molar-refractivity contribution in [2.45, 2.75) is 80.6 Å². The van der Waals surface area contributed by atoms with Gasteiger partial charge in [0.2, 0.25) is 0 Å². The van der Waals surface area contributed by atoms with E-state index in [1.54, 1.807) is 0 Å². The second kappa shape index (κ2) is 12.9. The number of benzene rings is 4. The van der Waals surface area contributed by atoms with E-state index in [4.69, 9.17) is 4.98 Å². The second-order valence-electron chi connectivity index (χ2n) is 15.1. The van der Waals surface area contributed by atoms with Crippen LogP contribution in [0.1, 0.15) is 91.8 Å². The Balaban J connectivity index is 0.000000295. The van der Waals surface area contributed by atoms with E-state index in [0.717, 1.165) is 11.3 Å². The zero-order chi connectivity index (χ0) is 32.9. The quantitative estimate of drug-likeness (QED) is 0.0857. The third-order valence-electron chi connectivity index (χ3n) is 8.89. The second-order valence-corrected chi connectivity index (χ2v) is 15.1. The van der Waals surface area contributed by atoms with Crippen LogP contribution >= 0.6 is 0 Å². The minimum Gasteiger partial charge on any atom is -0.512 e. The Hall–Kier alpha value is -3.59. The van der Waals surface area contributed by atoms with Gasteiger partial charge in [0, 0.05) is 43.2 Å². The summed E-state index contributed by atoms with van der Waals surface area (Å²) in [5.41, 5.74) is 8.11. The van der Waals surface area contributed by atoms with Crippen LogP contribution in [0.3, 0.4) is 0 Å². The molecule has 0 atom stereocenters. The maximum Gasteiger partial charge on any atom is 0.164 e. The molecule has 4 heteroatoms. The van der Waals surface area contributed by atoms with E-state index >= 15 is 0 Å². The maximum absolute atomic E-state index is 11.5. The summed E-state index contributed by atoms with van der Waals surface area (Å²) in [7, 11) is 0. The molecule has 1 aliphatic rings. The molecule has 46 heavy (non-hydrogen) atoms. The predicted octanol–water partition coefficient (Wildman–Crippen LogP) is 11.4. The predicted molar refractivity (Wildman–Crippen MR) is 190 cm³/mol. The molecule has 0 bridgehead atoms. The number of rotatable bonds is 3. The molecule has 1 N–H and O–H groups in total. The van der Waals surface area contributed by atoms with Crippen LogP contribution < -0.4 is 0 Å². The number of pyridine rings is 1. The summed E-state index contributed by atoms with van der Waals surface area (Å²) < 4.78 is 0. The van der Waals surface area contributed by atoms with Crippen molar-refractivity contribution >= 4 is 27.3 Å². The zero-order valence-corrected chi connectivity index (χ0v) is 31.2. The molecule has 1 radical (unpaired) electrons. The number of hydrogen-bond acceptors (Lipinski definition) is 3. The third-order valence-corrected chi connectivity index (χ3v) is 8.89. The molecule has 0 amide bonds. The monoisotopic (exact) mass is 789 g/mol. The molecule has 0 spiro atoms. The van der Waals surface area contributed by atoms with Gasteiger partial charge >= 0.3 is 0 Å². The van der Waals surface area contributed by atoms with Gasteiger partial charge in [-0.2, -0.15) is 0 Å². The summed E-state index contributed by atoms with van der Waals surface area (Å²) in [4.78, 5) is 16.4. The van der Waals surface area contributed by atoms with Gasteiger partial charge in [0.1, 0.15) is 5.76 Å². The first-order chi connectivity index (χ1) is 21.0. The topological polar surface area (TPSA) is 50.2 Å². The Morgan fingerprint density at radius 1 is 0.826 bits per heavy atom. The van der Waals surface area contributed by atoms with Crippen molar-refractivity contribution in [2.24, 2.45) is 10.8 Å². The molecular formula is C42H46IrNO2-. The van der Waals surface area contributed by atoms with E-state index in [9.17, 15) is 9.90 Å². The van der Waals surface area contributed by atoms with Crippen molar-refractivity contribution in [3.63, 3.8) is 0 Å². The molecule has 0 aliphatic heterocycles. The Kier molecular flexibility index (Phi) is 9.89. The molecule has 1 aliphatic carbocycles. The first-order valence-corrected chi connectivity index (χ1v) is 15.9. The van der Waals surface area contributed by atoms with Crippen molar-refractivity contribution in [1.82, 2.24) is 4.98 Å². The summed E-state index contributed by atoms with van der Waals surface area (Å²) in [5, 5.41) is 14.5. The van der Waals surface area contributed by atoms with Crippen LogP contribution in [0.4, 0.5) is 0 Å². The van der Waals surface area contributed by atoms with Gasteiger partial charge in [-0.05, 0) is 55.8 Å². The standard InChI is InChI=1S/C31H26N.C11H20O2.Ir/c1-19(2)26-17-21(18-27-24-11-7-8-12-28(24)31(3,4)29(26)27)30-25-14-13-20-9-5-6-10-22(20)23(25)15-16-32-30;1-10(2,3)8(12)7-9(13)11(4,5)6;/h5-16,18-19H,1-4H3;7,12H,1-6H3;/q-1;;/b;8-7-;. The molecule has 4 aromatic carbocycles. The van der Waals surface area contributed by atoms with Crippen LogP contribution in [0, 0.1) is 16.9 Å². The third kappa shape index (κ3) is 6.61. The molecule has 3 nitrogen and oxygen atoms in total. The van der Waals surface area contributed by atoms with Crippen LogP contribution in [-0.4, -0.2) is 15.9 Å². The van der Waals surface area contributed by atoms with Gasteiger partial charge in [0.05, 0.1) is 0 Å². The zero-order valence-electron chi connectivity index (χ0n) is 28.8. The summed E-state index contributed by atoms with van der Waals surface area (Å²) in [6.07, 6.45) is 3.28. The van der Waals surface area contributed by atoms with Gasteiger partial charge in [-0.3, -0.25) is 4.79 Å². The van der Waals surface area contributed by atoms with Gasteiger partial charge in [0.15, 0.2) is 5.78 Å². The molecule has 1 aromatic heterocycles. The number of carbonyl (C=O) groups is 1. The molecular weight excluding hydrogens is 743 g/mol. The van der Waals surface area contributed by atoms with Crippen molar-refractivity contribution in [1.29, 1.82) is 0 Å². The van der Waals surface area contributed by atoms with Crippen molar-refractivity contribution in [3.8, 4) is 22.4 Å². The Morgan fingerprint density at radius 3 is 2.13 bits per heavy atom. The molecule has 6 rings (SSSR count). The summed E-state index contributed by atoms with van der Waals surface area (Å²) >= 11 is 0. The Morgan fingerprint density at radius 2 is 1.48 bits per heavy atom. The van der Waals surface area contributed by atoms with Gasteiger partial charge in [-0.1, -0.05) is 135 Å². The number of fused-ring (bicyclic) bond motifs is 6. The summed E-state index contributed by atoms with van der Waals surface area (Å²) in [6.45, 7) is 20.4. The molecule has 0 fully saturated rings. The number of nitrogens with zero attached hydrogens (tertiary/aromatic N) is 1. The van der Waals surface area contributed by atoms with Gasteiger partial charge in [0.25, 0.3) is 0 Å². The molecule has 241 valence electrons. The average molecular weight is 789 g/mol. The molecule has 0 unspecified atom stereocenters. The summed E-state index contributed by atoms with van der Waals surface area (Å²) in [6, 6.07) is 30.1. The fourth-order valence-electron chi connectivity index (χ4n) is 6.16. The van der Waals surface area contributed by atoms with Crippen LogP contribution in [0.15, 0.2) is 90.8 Å². The van der Waals surface area contributed by atoms with E-state index in [-0.39, 0.29) is 42.5 Å². The van der Waals surface area contributed by atoms with Crippen LogP contribution in [-0.2, 0) is 30.3 Å². The first kappa shape index (κ1) is 35.3. The van der Waals surface area contributed by atoms with Crippen LogP contribution in [0.2, 0.25) is 0 Å². The first-order valence-electron chi connectivity index (χ1n) is 15.9. The smallest absolute Gasteiger partial charge is 0.164 e. The minimum atomic E-state index is -0.417. The van der Waals surface area contributed by atoms with Crippen LogP contribution in [0.5, 0.6) is 0 Å². The summed E-state index contributed by atoms with van der Waals surface area (Å²) in [5.74, 6) is 0.487. The van der Waals surface area contributed by atoms with Crippen LogP contribution in [0.25, 0.3) is 43.9 Å². The molecule has 0 saturated heterocycles. The largest absolute Gasteiger partial charge is 0.512 e. The van der Waals surface area contributed by atoms with Crippen molar-refractivity contribution in [2.75, 3.05) is 0 Å². The van der Waals surface area contributed by atoms with E-state index in [2.05, 4.69) is 107 Å². The number of hydrogen-bond donors (Lipinski definition) is 1. The maximum atomic E-state index is 11.5. The number of aromatic nitrogens is 1. The van der Waals surface area contributed by atoms with E-state index in [1.807, 2.05) is 47.7 Å². The number of allylic oxidation sites excluding steroid dienone is 2. The minimum absolute atomic E-state index is 0. The Labute approximate surface area is 288 Å². The fourth-order valence-corrected chi connectivity index (χ4v) is 6.16. The SMILES string of the molecule is CC(C)(C)C(=O)/C=C(\O)C(C)(C)C.CC(C)c1[c-]c(-c2nccc3c2ccc2ccccc23)cc2c1C(C)(C)c1ccccc1-2.[Ir]. The van der Waals surface area contributed by atoms with Crippen molar-refractivity contribution < 1.29 is 30.0 Å². The van der Waals surface area contributed by atoms with Gasteiger partial charge < -0.3 is 10.1 Å². The number of aliphatic hydroxyl groups excluding tert-OH is 1. The average Bonchev–Trinajstić information content (AvgIpc) is 3.22. The van der Waals surface area contributed by atoms with Crippen molar-refractivity contribution in [3.05, 3.63) is 114 Å². The van der Waals surface area contributed by atoms with Gasteiger partial charge in [-0.25, -0.2) is 0 Å². The van der Waals surface area contributed by atoms with E-state index in [0.29, 0.717) is 5.92 Å². The molecule has 0 saturated carbocycles. The number of ketones is 1. The van der Waals surface area contributed by atoms with E-state index < -0.39 is 5.41 Å². The Bertz CT molecular complexity index is 1950. The molecule has 5 aromatic rings. The molecule has 1 heterocycles. The van der Waals surface area contributed by atoms with E-state index in [1.165, 1.54) is 55.4 Å². The fraction of sp³-hybridized carbons (Fsp3) is 0.333. The normalized spacial score (nSPS) is 13.9. The number of carbonyl (C=O) groups excluding carboxylic acids is 1. The van der Waals surface area contributed by atoms with Gasteiger partial charge in [-0.15, -0.1) is 28.8 Å².